The lowest BCUT2D eigenvalue weighted by molar-refractivity contribution is 0.682. The van der Waals surface area contributed by atoms with E-state index in [0.29, 0.717) is 6.54 Å². The lowest BCUT2D eigenvalue weighted by atomic mass is 10.2. The van der Waals surface area contributed by atoms with Crippen molar-refractivity contribution in [3.8, 4) is 0 Å². The molecule has 19 heavy (non-hydrogen) atoms. The summed E-state index contributed by atoms with van der Waals surface area (Å²) in [6.07, 6.45) is 7.73. The molecule has 2 heterocycles. The molecule has 2 aromatic rings. The van der Waals surface area contributed by atoms with E-state index in [9.17, 15) is 0 Å². The highest BCUT2D eigenvalue weighted by atomic mass is 32.1. The monoisotopic (exact) mass is 279 g/mol. The maximum atomic E-state index is 4.52. The number of guanidine groups is 1. The summed E-state index contributed by atoms with van der Waals surface area (Å²) in [5.41, 5.74) is 1.03. The van der Waals surface area contributed by atoms with Crippen molar-refractivity contribution in [2.45, 2.75) is 32.7 Å². The third-order valence-corrected chi connectivity index (χ3v) is 3.65. The van der Waals surface area contributed by atoms with Crippen LogP contribution >= 0.6 is 11.3 Å². The van der Waals surface area contributed by atoms with Gasteiger partial charge in [0.15, 0.2) is 10.9 Å². The zero-order valence-electron chi connectivity index (χ0n) is 11.5. The van der Waals surface area contributed by atoms with Gasteiger partial charge in [-0.3, -0.25) is 9.39 Å². The first-order chi connectivity index (χ1) is 9.33. The summed E-state index contributed by atoms with van der Waals surface area (Å²) in [5, 5.41) is 8.63. The second kappa shape index (κ2) is 7.13. The average molecular weight is 279 g/mol. The van der Waals surface area contributed by atoms with Crippen LogP contribution < -0.4 is 10.6 Å². The summed E-state index contributed by atoms with van der Waals surface area (Å²) >= 11 is 1.65. The van der Waals surface area contributed by atoms with Crippen LogP contribution in [0, 0.1) is 0 Å². The van der Waals surface area contributed by atoms with Crippen LogP contribution in [0.1, 0.15) is 31.9 Å². The maximum Gasteiger partial charge on any atom is 0.193 e. The highest BCUT2D eigenvalue weighted by Gasteiger charge is 2.03. The number of aromatic nitrogens is 2. The molecule has 0 saturated carbocycles. The number of fused-ring (bicyclic) bond motifs is 1. The van der Waals surface area contributed by atoms with Crippen LogP contribution in [0.2, 0.25) is 0 Å². The van der Waals surface area contributed by atoms with Crippen LogP contribution in [0.5, 0.6) is 0 Å². The van der Waals surface area contributed by atoms with Crippen molar-refractivity contribution in [3.05, 3.63) is 23.5 Å². The Kier molecular flexibility index (Phi) is 5.20. The van der Waals surface area contributed by atoms with Crippen molar-refractivity contribution in [1.82, 2.24) is 20.0 Å². The van der Waals surface area contributed by atoms with Gasteiger partial charge in [0, 0.05) is 31.4 Å². The van der Waals surface area contributed by atoms with Crippen molar-refractivity contribution in [3.63, 3.8) is 0 Å². The molecule has 0 aliphatic heterocycles. The first-order valence-electron chi connectivity index (χ1n) is 6.69. The number of nitrogens with zero attached hydrogens (tertiary/aromatic N) is 3. The van der Waals surface area contributed by atoms with Gasteiger partial charge in [-0.05, 0) is 6.42 Å². The van der Waals surface area contributed by atoms with Gasteiger partial charge >= 0.3 is 0 Å². The Hall–Kier alpha value is -1.56. The van der Waals surface area contributed by atoms with E-state index in [-0.39, 0.29) is 0 Å². The molecule has 0 saturated heterocycles. The summed E-state index contributed by atoms with van der Waals surface area (Å²) in [4.78, 5) is 9.76. The summed E-state index contributed by atoms with van der Waals surface area (Å²) < 4.78 is 2.04. The van der Waals surface area contributed by atoms with Gasteiger partial charge in [0.2, 0.25) is 0 Å². The van der Waals surface area contributed by atoms with Gasteiger partial charge in [-0.2, -0.15) is 0 Å². The molecule has 5 nitrogen and oxygen atoms in total. The Morgan fingerprint density at radius 2 is 2.32 bits per heavy atom. The maximum absolute atomic E-state index is 4.52. The minimum absolute atomic E-state index is 0.696. The van der Waals surface area contributed by atoms with Crippen LogP contribution in [0.3, 0.4) is 0 Å². The average Bonchev–Trinajstić information content (AvgIpc) is 2.98. The third kappa shape index (κ3) is 3.96. The van der Waals surface area contributed by atoms with E-state index >= 15 is 0 Å². The zero-order valence-corrected chi connectivity index (χ0v) is 12.3. The molecular formula is C13H21N5S. The topological polar surface area (TPSA) is 53.7 Å². The lowest BCUT2D eigenvalue weighted by Crippen LogP contribution is -2.37. The number of hydrogen-bond donors (Lipinski definition) is 2. The number of nitrogens with one attached hydrogen (secondary N) is 2. The molecule has 0 radical (unpaired) electrons. The summed E-state index contributed by atoms with van der Waals surface area (Å²) in [7, 11) is 1.79. The molecular weight excluding hydrogens is 258 g/mol. The molecule has 2 N–H and O–H groups in total. The normalized spacial score (nSPS) is 12.0. The minimum Gasteiger partial charge on any atom is -0.356 e. The first-order valence-corrected chi connectivity index (χ1v) is 7.57. The molecule has 0 aliphatic rings. The number of rotatable bonds is 6. The molecule has 0 aliphatic carbocycles. The van der Waals surface area contributed by atoms with Crippen molar-refractivity contribution in [1.29, 1.82) is 0 Å². The van der Waals surface area contributed by atoms with E-state index in [4.69, 9.17) is 0 Å². The molecule has 0 spiro atoms. The van der Waals surface area contributed by atoms with Gasteiger partial charge in [0.1, 0.15) is 0 Å². The highest BCUT2D eigenvalue weighted by molar-refractivity contribution is 7.15. The molecule has 6 heteroatoms. The molecule has 0 atom stereocenters. The van der Waals surface area contributed by atoms with Crippen LogP contribution in [-0.4, -0.2) is 28.9 Å². The van der Waals surface area contributed by atoms with Crippen molar-refractivity contribution in [2.24, 2.45) is 4.99 Å². The standard InChI is InChI=1S/C13H21N5S/c1-3-4-5-6-15-12(14-2)16-9-11-10-18-7-8-19-13(18)17-11/h7-8,10H,3-6,9H2,1-2H3,(H2,14,15,16). The molecule has 0 fully saturated rings. The van der Waals surface area contributed by atoms with Crippen LogP contribution in [0.4, 0.5) is 0 Å². The fraction of sp³-hybridized carbons (Fsp3) is 0.538. The molecule has 0 bridgehead atoms. The summed E-state index contributed by atoms with van der Waals surface area (Å²) in [6, 6.07) is 0. The molecule has 0 aromatic carbocycles. The van der Waals surface area contributed by atoms with Gasteiger partial charge < -0.3 is 10.6 Å². The van der Waals surface area contributed by atoms with Crippen molar-refractivity contribution in [2.75, 3.05) is 13.6 Å². The fourth-order valence-electron chi connectivity index (χ4n) is 1.84. The Morgan fingerprint density at radius 3 is 3.05 bits per heavy atom. The van der Waals surface area contributed by atoms with Gasteiger partial charge in [0.05, 0.1) is 12.2 Å². The SMILES string of the molecule is CCCCCNC(=NC)NCc1cn2ccsc2n1. The Bertz CT molecular complexity index is 499. The van der Waals surface area contributed by atoms with Crippen LogP contribution in [0.15, 0.2) is 22.8 Å². The first kappa shape index (κ1) is 13.9. The van der Waals surface area contributed by atoms with Gasteiger partial charge in [-0.15, -0.1) is 11.3 Å². The number of hydrogen-bond acceptors (Lipinski definition) is 3. The molecule has 0 amide bonds. The summed E-state index contributed by atoms with van der Waals surface area (Å²) in [5.74, 6) is 0.840. The summed E-state index contributed by atoms with van der Waals surface area (Å²) in [6.45, 7) is 3.87. The van der Waals surface area contributed by atoms with E-state index in [1.165, 1.54) is 19.3 Å². The lowest BCUT2D eigenvalue weighted by Gasteiger charge is -2.10. The number of aliphatic imine (C=N–C) groups is 1. The third-order valence-electron chi connectivity index (χ3n) is 2.88. The van der Waals surface area contributed by atoms with E-state index in [0.717, 1.165) is 23.2 Å². The molecule has 2 aromatic heterocycles. The Balaban J connectivity index is 1.78. The predicted octanol–water partition coefficient (Wildman–Crippen LogP) is 2.25. The Morgan fingerprint density at radius 1 is 1.42 bits per heavy atom. The highest BCUT2D eigenvalue weighted by Crippen LogP contribution is 2.10. The van der Waals surface area contributed by atoms with Crippen LogP contribution in [-0.2, 0) is 6.54 Å². The van der Waals surface area contributed by atoms with Gasteiger partial charge in [-0.1, -0.05) is 19.8 Å². The van der Waals surface area contributed by atoms with E-state index in [2.05, 4.69) is 27.5 Å². The number of imidazole rings is 1. The number of thiazole rings is 1. The van der Waals surface area contributed by atoms with Crippen molar-refractivity contribution >= 4 is 22.3 Å². The van der Waals surface area contributed by atoms with Gasteiger partial charge in [-0.25, -0.2) is 4.98 Å². The molecule has 104 valence electrons. The quantitative estimate of drug-likeness (QED) is 0.484. The number of unbranched alkanes of at least 4 members (excludes halogenated alkanes) is 2. The molecule has 2 rings (SSSR count). The second-order valence-corrected chi connectivity index (χ2v) is 5.26. The van der Waals surface area contributed by atoms with Gasteiger partial charge in [0.25, 0.3) is 0 Å². The minimum atomic E-state index is 0.696. The second-order valence-electron chi connectivity index (χ2n) is 4.38. The smallest absolute Gasteiger partial charge is 0.193 e. The molecule has 0 unspecified atom stereocenters. The Labute approximate surface area is 117 Å². The fourth-order valence-corrected chi connectivity index (χ4v) is 2.56. The zero-order chi connectivity index (χ0) is 13.5. The largest absolute Gasteiger partial charge is 0.356 e. The van der Waals surface area contributed by atoms with E-state index in [1.54, 1.807) is 18.4 Å². The van der Waals surface area contributed by atoms with E-state index < -0.39 is 0 Å². The van der Waals surface area contributed by atoms with Crippen molar-refractivity contribution < 1.29 is 0 Å². The van der Waals surface area contributed by atoms with E-state index in [1.807, 2.05) is 22.2 Å². The predicted molar refractivity (Wildman–Crippen MR) is 80.8 cm³/mol. The van der Waals surface area contributed by atoms with Crippen LogP contribution in [0.25, 0.3) is 4.96 Å².